The van der Waals surface area contributed by atoms with Crippen molar-refractivity contribution in [2.75, 3.05) is 11.1 Å². The topological polar surface area (TPSA) is 142 Å². The van der Waals surface area contributed by atoms with Crippen LogP contribution in [0.4, 0.5) is 11.5 Å². The number of nitrogens with two attached hydrogens (primary N) is 1. The monoisotopic (exact) mass is 297 g/mol. The van der Waals surface area contributed by atoms with Crippen molar-refractivity contribution in [3.8, 4) is 11.4 Å². The maximum Gasteiger partial charge on any atom is 0.340 e. The highest BCUT2D eigenvalue weighted by atomic mass is 16.2. The van der Waals surface area contributed by atoms with Crippen LogP contribution in [0.15, 0.2) is 41.5 Å². The zero-order valence-corrected chi connectivity index (χ0v) is 11.2. The van der Waals surface area contributed by atoms with E-state index in [0.717, 1.165) is 0 Å². The standard InChI is InChI=1S/C13H11N7O2/c14-10-9(15-4-5-16-10)12(21)17-8-3-1-2-7(6-8)11-18-13(22)20-19-11/h1-6H,(H2,14,16)(H,17,21)(H2,18,19,20,22). The fourth-order valence-electron chi connectivity index (χ4n) is 1.87. The Kier molecular flexibility index (Phi) is 3.36. The van der Waals surface area contributed by atoms with E-state index in [4.69, 9.17) is 5.73 Å². The van der Waals surface area contributed by atoms with Crippen LogP contribution in [0.1, 0.15) is 10.5 Å². The van der Waals surface area contributed by atoms with E-state index < -0.39 is 11.6 Å². The Bertz CT molecular complexity index is 884. The van der Waals surface area contributed by atoms with E-state index in [0.29, 0.717) is 17.1 Å². The average Bonchev–Trinajstić information content (AvgIpc) is 2.94. The molecule has 0 saturated heterocycles. The number of benzene rings is 1. The molecule has 5 N–H and O–H groups in total. The van der Waals surface area contributed by atoms with Crippen LogP contribution in [0, 0.1) is 0 Å². The number of carbonyl (C=O) groups is 1. The molecular formula is C13H11N7O2. The minimum atomic E-state index is -0.474. The molecule has 9 heteroatoms. The number of amides is 1. The number of nitrogens with one attached hydrogen (secondary N) is 3. The molecule has 3 aromatic rings. The highest BCUT2D eigenvalue weighted by Gasteiger charge is 2.12. The molecule has 3 rings (SSSR count). The van der Waals surface area contributed by atoms with Crippen LogP contribution in [0.3, 0.4) is 0 Å². The predicted octanol–water partition coefficient (Wildman–Crippen LogP) is 0.389. The minimum Gasteiger partial charge on any atom is -0.382 e. The molecule has 0 radical (unpaired) electrons. The maximum atomic E-state index is 12.1. The molecule has 1 aromatic carbocycles. The third-order valence-electron chi connectivity index (χ3n) is 2.84. The zero-order chi connectivity index (χ0) is 15.5. The molecule has 0 spiro atoms. The first-order valence-corrected chi connectivity index (χ1v) is 6.26. The van der Waals surface area contributed by atoms with E-state index in [1.54, 1.807) is 24.3 Å². The molecule has 0 aliphatic rings. The van der Waals surface area contributed by atoms with E-state index in [1.807, 2.05) is 0 Å². The lowest BCUT2D eigenvalue weighted by atomic mass is 10.2. The third-order valence-corrected chi connectivity index (χ3v) is 2.84. The fraction of sp³-hybridized carbons (Fsp3) is 0. The first-order valence-electron chi connectivity index (χ1n) is 6.26. The van der Waals surface area contributed by atoms with Gasteiger partial charge in [-0.3, -0.25) is 9.78 Å². The van der Waals surface area contributed by atoms with Gasteiger partial charge in [0.15, 0.2) is 17.3 Å². The molecule has 2 heterocycles. The highest BCUT2D eigenvalue weighted by molar-refractivity contribution is 6.05. The second kappa shape index (κ2) is 5.48. The van der Waals surface area contributed by atoms with Crippen LogP contribution in [-0.2, 0) is 0 Å². The molecule has 0 saturated carbocycles. The Hall–Kier alpha value is -3.49. The number of nitrogen functional groups attached to an aromatic ring is 1. The maximum absolute atomic E-state index is 12.1. The second-order valence-electron chi connectivity index (χ2n) is 4.35. The molecule has 0 bridgehead atoms. The van der Waals surface area contributed by atoms with Gasteiger partial charge in [0.25, 0.3) is 5.91 Å². The molecule has 110 valence electrons. The van der Waals surface area contributed by atoms with Gasteiger partial charge in [-0.25, -0.2) is 19.9 Å². The van der Waals surface area contributed by atoms with Crippen molar-refractivity contribution in [3.63, 3.8) is 0 Å². The molecule has 9 nitrogen and oxygen atoms in total. The lowest BCUT2D eigenvalue weighted by Gasteiger charge is -2.06. The van der Waals surface area contributed by atoms with Crippen LogP contribution in [0.2, 0.25) is 0 Å². The normalized spacial score (nSPS) is 10.4. The van der Waals surface area contributed by atoms with E-state index in [-0.39, 0.29) is 11.5 Å². The van der Waals surface area contributed by atoms with Crippen molar-refractivity contribution in [2.45, 2.75) is 0 Å². The number of hydrogen-bond donors (Lipinski definition) is 4. The Labute approximate surface area is 123 Å². The largest absolute Gasteiger partial charge is 0.382 e. The van der Waals surface area contributed by atoms with E-state index >= 15 is 0 Å². The van der Waals surface area contributed by atoms with Crippen LogP contribution in [0.5, 0.6) is 0 Å². The molecule has 1 amide bonds. The van der Waals surface area contributed by atoms with Gasteiger partial charge in [-0.2, -0.15) is 5.10 Å². The van der Waals surface area contributed by atoms with Gasteiger partial charge in [0, 0.05) is 23.6 Å². The van der Waals surface area contributed by atoms with Gasteiger partial charge in [-0.1, -0.05) is 12.1 Å². The van der Waals surface area contributed by atoms with Crippen molar-refractivity contribution < 1.29 is 4.79 Å². The van der Waals surface area contributed by atoms with Gasteiger partial charge in [0.1, 0.15) is 0 Å². The van der Waals surface area contributed by atoms with Crippen molar-refractivity contribution >= 4 is 17.4 Å². The summed E-state index contributed by atoms with van der Waals surface area (Å²) in [4.78, 5) is 33.4. The van der Waals surface area contributed by atoms with Crippen LogP contribution < -0.4 is 16.7 Å². The molecular weight excluding hydrogens is 286 g/mol. The van der Waals surface area contributed by atoms with Gasteiger partial charge in [-0.05, 0) is 12.1 Å². The first kappa shape index (κ1) is 13.5. The number of anilines is 2. The molecule has 2 aromatic heterocycles. The second-order valence-corrected chi connectivity index (χ2v) is 4.35. The Morgan fingerprint density at radius 2 is 2.05 bits per heavy atom. The van der Waals surface area contributed by atoms with Gasteiger partial charge >= 0.3 is 5.69 Å². The quantitative estimate of drug-likeness (QED) is 0.550. The smallest absolute Gasteiger partial charge is 0.340 e. The number of carbonyl (C=O) groups excluding carboxylic acids is 1. The summed E-state index contributed by atoms with van der Waals surface area (Å²) in [5.74, 6) is -0.0498. The van der Waals surface area contributed by atoms with Gasteiger partial charge in [0.2, 0.25) is 0 Å². The van der Waals surface area contributed by atoms with Crippen molar-refractivity contribution in [3.05, 3.63) is 52.8 Å². The number of nitrogens with zero attached hydrogens (tertiary/aromatic N) is 3. The number of H-pyrrole nitrogens is 2. The summed E-state index contributed by atoms with van der Waals surface area (Å²) in [6, 6.07) is 6.83. The predicted molar refractivity (Wildman–Crippen MR) is 79.0 cm³/mol. The number of aromatic amines is 2. The summed E-state index contributed by atoms with van der Waals surface area (Å²) < 4.78 is 0. The fourth-order valence-corrected chi connectivity index (χ4v) is 1.87. The number of rotatable bonds is 3. The minimum absolute atomic E-state index is 0.0427. The summed E-state index contributed by atoms with van der Waals surface area (Å²) in [5, 5.41) is 8.77. The lowest BCUT2D eigenvalue weighted by Crippen LogP contribution is -2.16. The first-order chi connectivity index (χ1) is 10.6. The third kappa shape index (κ3) is 2.68. The van der Waals surface area contributed by atoms with Crippen LogP contribution in [0.25, 0.3) is 11.4 Å². The van der Waals surface area contributed by atoms with E-state index in [2.05, 4.69) is 30.5 Å². The molecule has 22 heavy (non-hydrogen) atoms. The van der Waals surface area contributed by atoms with Crippen molar-refractivity contribution in [2.24, 2.45) is 0 Å². The zero-order valence-electron chi connectivity index (χ0n) is 11.2. The number of hydrogen-bond acceptors (Lipinski definition) is 6. The van der Waals surface area contributed by atoms with Crippen LogP contribution >= 0.6 is 0 Å². The highest BCUT2D eigenvalue weighted by Crippen LogP contribution is 2.19. The number of aromatic nitrogens is 5. The van der Waals surface area contributed by atoms with Crippen LogP contribution in [-0.4, -0.2) is 31.1 Å². The Morgan fingerprint density at radius 1 is 1.23 bits per heavy atom. The summed E-state index contributed by atoms with van der Waals surface area (Å²) in [6.07, 6.45) is 2.79. The van der Waals surface area contributed by atoms with Crippen molar-refractivity contribution in [1.82, 2.24) is 25.1 Å². The van der Waals surface area contributed by atoms with Gasteiger partial charge in [-0.15, -0.1) is 0 Å². The summed E-state index contributed by atoms with van der Waals surface area (Å²) in [7, 11) is 0. The summed E-state index contributed by atoms with van der Waals surface area (Å²) in [6.45, 7) is 0. The molecule has 0 aliphatic carbocycles. The molecule has 0 unspecified atom stereocenters. The lowest BCUT2D eigenvalue weighted by molar-refractivity contribution is 0.102. The SMILES string of the molecule is Nc1nccnc1C(=O)Nc1cccc(-c2n[nH]c(=O)[nH]2)c1. The van der Waals surface area contributed by atoms with Crippen molar-refractivity contribution in [1.29, 1.82) is 0 Å². The molecule has 0 atom stereocenters. The average molecular weight is 297 g/mol. The summed E-state index contributed by atoms with van der Waals surface area (Å²) in [5.41, 5.74) is 6.40. The van der Waals surface area contributed by atoms with Gasteiger partial charge < -0.3 is 11.1 Å². The molecule has 0 fully saturated rings. The summed E-state index contributed by atoms with van der Waals surface area (Å²) >= 11 is 0. The van der Waals surface area contributed by atoms with E-state index in [9.17, 15) is 9.59 Å². The molecule has 0 aliphatic heterocycles. The van der Waals surface area contributed by atoms with Gasteiger partial charge in [0.05, 0.1) is 0 Å². The van der Waals surface area contributed by atoms with E-state index in [1.165, 1.54) is 12.4 Å². The Morgan fingerprint density at radius 3 is 2.77 bits per heavy atom. The Balaban J connectivity index is 1.86.